The highest BCUT2D eigenvalue weighted by molar-refractivity contribution is 7.84. The summed E-state index contributed by atoms with van der Waals surface area (Å²) < 4.78 is 41.6. The van der Waals surface area contributed by atoms with E-state index in [1.807, 2.05) is 0 Å². The van der Waals surface area contributed by atoms with Gasteiger partial charge < -0.3 is 4.74 Å². The first kappa shape index (κ1) is 15.2. The molecule has 6 nitrogen and oxygen atoms in total. The maximum absolute atomic E-state index is 12.3. The van der Waals surface area contributed by atoms with Gasteiger partial charge in [-0.3, -0.25) is 13.6 Å². The minimum absolute atomic E-state index is 0.0133. The number of carbonyl (C=O) groups excluding carboxylic acids is 1. The van der Waals surface area contributed by atoms with E-state index in [-0.39, 0.29) is 23.0 Å². The molecular formula is C12H11F2N3O3S. The lowest BCUT2D eigenvalue weighted by Gasteiger charge is -2.10. The van der Waals surface area contributed by atoms with E-state index in [2.05, 4.69) is 14.9 Å². The lowest BCUT2D eigenvalue weighted by molar-refractivity contribution is -0.0501. The predicted molar refractivity (Wildman–Crippen MR) is 69.8 cm³/mol. The van der Waals surface area contributed by atoms with Crippen LogP contribution in [0.2, 0.25) is 0 Å². The first-order valence-electron chi connectivity index (χ1n) is 5.77. The molecule has 112 valence electrons. The minimum Gasteiger partial charge on any atom is -0.434 e. The number of ether oxygens (including phenoxy) is 1. The number of benzene rings is 1. The molecule has 21 heavy (non-hydrogen) atoms. The molecule has 1 atom stereocenters. The number of alkyl halides is 2. The molecule has 2 rings (SSSR count). The number of nitrogens with zero attached hydrogens (tertiary/aromatic N) is 3. The van der Waals surface area contributed by atoms with E-state index in [0.29, 0.717) is 0 Å². The van der Waals surface area contributed by atoms with Crippen molar-refractivity contribution in [2.45, 2.75) is 18.3 Å². The number of rotatable bonds is 6. The van der Waals surface area contributed by atoms with E-state index in [9.17, 15) is 17.8 Å². The Hall–Kier alpha value is -2.16. The van der Waals surface area contributed by atoms with Crippen LogP contribution in [0.5, 0.6) is 5.75 Å². The van der Waals surface area contributed by atoms with Gasteiger partial charge in [0, 0.05) is 6.26 Å². The fourth-order valence-electron chi connectivity index (χ4n) is 1.71. The van der Waals surface area contributed by atoms with Gasteiger partial charge in [-0.15, -0.1) is 10.2 Å². The first-order chi connectivity index (χ1) is 9.99. The van der Waals surface area contributed by atoms with Crippen molar-refractivity contribution in [1.82, 2.24) is 14.8 Å². The molecule has 0 aliphatic rings. The number of ketones is 1. The summed E-state index contributed by atoms with van der Waals surface area (Å²) in [5, 5.41) is 7.35. The first-order valence-corrected chi connectivity index (χ1v) is 7.33. The quantitative estimate of drug-likeness (QED) is 0.755. The summed E-state index contributed by atoms with van der Waals surface area (Å²) in [6.45, 7) is -3.24. The summed E-state index contributed by atoms with van der Waals surface area (Å²) in [7, 11) is -1.41. The van der Waals surface area contributed by atoms with Crippen LogP contribution in [0.1, 0.15) is 10.4 Å². The van der Waals surface area contributed by atoms with Gasteiger partial charge in [-0.2, -0.15) is 8.78 Å². The molecule has 0 aliphatic heterocycles. The van der Waals surface area contributed by atoms with E-state index in [0.717, 1.165) is 0 Å². The molecule has 0 saturated heterocycles. The molecule has 0 N–H and O–H groups in total. The summed E-state index contributed by atoms with van der Waals surface area (Å²) in [6, 6.07) is 5.69. The standard InChI is InChI=1S/C12H11F2N3O3S/c1-21(19)12-16-15-7-17(12)6-9(18)8-4-2-3-5-10(8)20-11(13)14/h2-5,7,11H,6H2,1H3/t21-/m1/s1. The second-order valence-electron chi connectivity index (χ2n) is 3.99. The Morgan fingerprint density at radius 1 is 1.43 bits per heavy atom. The number of Topliss-reactive ketones (excluding diaryl/α,β-unsaturated/α-hetero) is 1. The normalized spacial score (nSPS) is 12.4. The maximum Gasteiger partial charge on any atom is 0.387 e. The van der Waals surface area contributed by atoms with Crippen LogP contribution in [0.25, 0.3) is 0 Å². The molecule has 2 aromatic rings. The van der Waals surface area contributed by atoms with Gasteiger partial charge in [0.05, 0.1) is 22.9 Å². The van der Waals surface area contributed by atoms with E-state index in [4.69, 9.17) is 0 Å². The molecule has 0 bridgehead atoms. The lowest BCUT2D eigenvalue weighted by atomic mass is 10.1. The van der Waals surface area contributed by atoms with Crippen LogP contribution in [-0.4, -0.2) is 37.6 Å². The number of hydrogen-bond donors (Lipinski definition) is 0. The largest absolute Gasteiger partial charge is 0.434 e. The third-order valence-electron chi connectivity index (χ3n) is 2.55. The minimum atomic E-state index is -3.02. The molecular weight excluding hydrogens is 304 g/mol. The van der Waals surface area contributed by atoms with Crippen molar-refractivity contribution in [1.29, 1.82) is 0 Å². The molecule has 0 spiro atoms. The van der Waals surface area contributed by atoms with Crippen molar-refractivity contribution in [2.24, 2.45) is 0 Å². The second-order valence-corrected chi connectivity index (χ2v) is 5.27. The molecule has 0 radical (unpaired) electrons. The topological polar surface area (TPSA) is 74.1 Å². The summed E-state index contributed by atoms with van der Waals surface area (Å²) >= 11 is 0. The van der Waals surface area contributed by atoms with E-state index >= 15 is 0 Å². The highest BCUT2D eigenvalue weighted by atomic mass is 32.2. The van der Waals surface area contributed by atoms with Crippen LogP contribution in [0, 0.1) is 0 Å². The van der Waals surface area contributed by atoms with Crippen LogP contribution in [0.3, 0.4) is 0 Å². The maximum atomic E-state index is 12.3. The smallest absolute Gasteiger partial charge is 0.387 e. The molecule has 1 heterocycles. The van der Waals surface area contributed by atoms with Gasteiger partial charge in [0.15, 0.2) is 5.78 Å². The van der Waals surface area contributed by atoms with Crippen molar-refractivity contribution in [3.05, 3.63) is 36.2 Å². The molecule has 0 unspecified atom stereocenters. The number of halogens is 2. The molecule has 1 aromatic carbocycles. The number of para-hydroxylation sites is 1. The summed E-state index contributed by atoms with van der Waals surface area (Å²) in [6.07, 6.45) is 2.66. The van der Waals surface area contributed by atoms with Crippen molar-refractivity contribution in [3.63, 3.8) is 0 Å². The van der Waals surface area contributed by atoms with E-state index in [1.54, 1.807) is 0 Å². The summed E-state index contributed by atoms with van der Waals surface area (Å²) in [4.78, 5) is 12.2. The lowest BCUT2D eigenvalue weighted by Crippen LogP contribution is -2.15. The Kier molecular flexibility index (Phi) is 4.73. The van der Waals surface area contributed by atoms with Gasteiger partial charge in [-0.25, -0.2) is 0 Å². The predicted octanol–water partition coefficient (Wildman–Crippen LogP) is 1.50. The summed E-state index contributed by atoms with van der Waals surface area (Å²) in [5.74, 6) is -0.678. The third-order valence-corrected chi connectivity index (χ3v) is 3.38. The number of hydrogen-bond acceptors (Lipinski definition) is 5. The molecule has 1 aromatic heterocycles. The monoisotopic (exact) mass is 315 g/mol. The van der Waals surface area contributed by atoms with Crippen LogP contribution >= 0.6 is 0 Å². The molecule has 0 aliphatic carbocycles. The zero-order chi connectivity index (χ0) is 15.4. The Balaban J connectivity index is 2.24. The molecule has 0 fully saturated rings. The zero-order valence-electron chi connectivity index (χ0n) is 10.9. The highest BCUT2D eigenvalue weighted by Gasteiger charge is 2.18. The number of carbonyl (C=O) groups is 1. The molecule has 9 heteroatoms. The third kappa shape index (κ3) is 3.69. The average Bonchev–Trinajstić information content (AvgIpc) is 2.86. The van der Waals surface area contributed by atoms with Gasteiger partial charge >= 0.3 is 6.61 Å². The van der Waals surface area contributed by atoms with Crippen LogP contribution in [0.15, 0.2) is 35.7 Å². The van der Waals surface area contributed by atoms with Crippen molar-refractivity contribution in [2.75, 3.05) is 6.26 Å². The molecule has 0 amide bonds. The van der Waals surface area contributed by atoms with Crippen molar-refractivity contribution >= 4 is 16.6 Å². The summed E-state index contributed by atoms with van der Waals surface area (Å²) in [5.41, 5.74) is 0.0133. The van der Waals surface area contributed by atoms with Gasteiger partial charge in [0.2, 0.25) is 5.16 Å². The average molecular weight is 315 g/mol. The zero-order valence-corrected chi connectivity index (χ0v) is 11.7. The van der Waals surface area contributed by atoms with Gasteiger partial charge in [0.1, 0.15) is 12.1 Å². The van der Waals surface area contributed by atoms with Crippen LogP contribution < -0.4 is 4.74 Å². The van der Waals surface area contributed by atoms with Gasteiger partial charge in [-0.05, 0) is 12.1 Å². The van der Waals surface area contributed by atoms with Gasteiger partial charge in [0.25, 0.3) is 0 Å². The van der Waals surface area contributed by atoms with Crippen LogP contribution in [0.4, 0.5) is 8.78 Å². The second kappa shape index (κ2) is 6.53. The molecule has 0 saturated carbocycles. The van der Waals surface area contributed by atoms with E-state index in [1.165, 1.54) is 41.4 Å². The van der Waals surface area contributed by atoms with Crippen molar-refractivity contribution in [3.8, 4) is 5.75 Å². The Labute approximate surface area is 121 Å². The van der Waals surface area contributed by atoms with Crippen molar-refractivity contribution < 1.29 is 22.5 Å². The number of aromatic nitrogens is 3. The SMILES string of the molecule is C[S@@](=O)c1nncn1CC(=O)c1ccccc1OC(F)F. The fourth-order valence-corrected chi connectivity index (χ4v) is 2.32. The Bertz CT molecular complexity index is 675. The van der Waals surface area contributed by atoms with Crippen LogP contribution in [-0.2, 0) is 17.3 Å². The van der Waals surface area contributed by atoms with E-state index < -0.39 is 23.2 Å². The highest BCUT2D eigenvalue weighted by Crippen LogP contribution is 2.21. The van der Waals surface area contributed by atoms with Gasteiger partial charge in [-0.1, -0.05) is 12.1 Å². The Morgan fingerprint density at radius 3 is 2.81 bits per heavy atom. The Morgan fingerprint density at radius 2 is 2.14 bits per heavy atom. The fraction of sp³-hybridized carbons (Fsp3) is 0.250.